The van der Waals surface area contributed by atoms with Crippen molar-refractivity contribution < 1.29 is 0 Å². The molecule has 0 unspecified atom stereocenters. The molecule has 2 heteroatoms. The van der Waals surface area contributed by atoms with Crippen LogP contribution in [0.2, 0.25) is 0 Å². The summed E-state index contributed by atoms with van der Waals surface area (Å²) < 4.78 is 0. The number of hydrogen-bond donors (Lipinski definition) is 0. The molecule has 0 amide bonds. The van der Waals surface area contributed by atoms with Crippen LogP contribution in [0.15, 0.2) is 29.3 Å². The van der Waals surface area contributed by atoms with Crippen LogP contribution >= 0.6 is 11.8 Å². The molecule has 1 rings (SSSR count). The van der Waals surface area contributed by atoms with E-state index in [4.69, 9.17) is 0 Å². The van der Waals surface area contributed by atoms with Gasteiger partial charge in [-0.25, -0.2) is 0 Å². The number of thioether (sulfide) groups is 1. The average Bonchev–Trinajstić information content (AvgIpc) is 2.07. The van der Waals surface area contributed by atoms with Crippen molar-refractivity contribution in [1.29, 1.82) is 0 Å². The van der Waals surface area contributed by atoms with E-state index < -0.39 is 0 Å². The van der Waals surface area contributed by atoms with Gasteiger partial charge < -0.3 is 0 Å². The van der Waals surface area contributed by atoms with E-state index in [1.54, 1.807) is 11.8 Å². The Morgan fingerprint density at radius 1 is 1.42 bits per heavy atom. The first-order valence-corrected chi connectivity index (χ1v) is 5.08. The van der Waals surface area contributed by atoms with Gasteiger partial charge in [0.05, 0.1) is 5.04 Å². The van der Waals surface area contributed by atoms with Crippen LogP contribution in [0.25, 0.3) is 0 Å². The van der Waals surface area contributed by atoms with E-state index in [1.165, 1.54) is 11.1 Å². The maximum atomic E-state index is 4.20. The molecule has 1 aromatic rings. The van der Waals surface area contributed by atoms with Gasteiger partial charge in [0.1, 0.15) is 0 Å². The first kappa shape index (κ1) is 9.33. The van der Waals surface area contributed by atoms with E-state index >= 15 is 0 Å². The lowest BCUT2D eigenvalue weighted by atomic mass is 10.1. The zero-order chi connectivity index (χ0) is 8.97. The zero-order valence-electron chi connectivity index (χ0n) is 7.66. The Morgan fingerprint density at radius 2 is 2.17 bits per heavy atom. The van der Waals surface area contributed by atoms with Crippen molar-refractivity contribution in [2.45, 2.75) is 6.92 Å². The Kier molecular flexibility index (Phi) is 3.35. The predicted molar refractivity (Wildman–Crippen MR) is 57.2 cm³/mol. The molecule has 0 fully saturated rings. The van der Waals surface area contributed by atoms with Crippen LogP contribution in [0.1, 0.15) is 11.1 Å². The maximum absolute atomic E-state index is 4.20. The molecule has 12 heavy (non-hydrogen) atoms. The minimum Gasteiger partial charge on any atom is -0.281 e. The molecule has 0 atom stereocenters. The second kappa shape index (κ2) is 4.31. The number of benzene rings is 1. The van der Waals surface area contributed by atoms with Gasteiger partial charge in [0, 0.05) is 12.6 Å². The van der Waals surface area contributed by atoms with E-state index in [1.807, 2.05) is 13.3 Å². The van der Waals surface area contributed by atoms with Crippen molar-refractivity contribution in [3.63, 3.8) is 0 Å². The van der Waals surface area contributed by atoms with Crippen molar-refractivity contribution in [2.75, 3.05) is 13.3 Å². The smallest absolute Gasteiger partial charge is 0.0970 e. The van der Waals surface area contributed by atoms with E-state index in [9.17, 15) is 0 Å². The quantitative estimate of drug-likeness (QED) is 0.477. The summed E-state index contributed by atoms with van der Waals surface area (Å²) in [7, 11) is 1.83. The molecular formula is C10H13NS. The van der Waals surface area contributed by atoms with Crippen molar-refractivity contribution in [3.05, 3.63) is 35.4 Å². The van der Waals surface area contributed by atoms with Gasteiger partial charge in [-0.05, 0) is 19.2 Å². The molecule has 0 N–H and O–H groups in total. The highest BCUT2D eigenvalue weighted by molar-refractivity contribution is 8.13. The van der Waals surface area contributed by atoms with Gasteiger partial charge in [0.2, 0.25) is 0 Å². The molecule has 0 spiro atoms. The molecule has 0 radical (unpaired) electrons. The van der Waals surface area contributed by atoms with Crippen molar-refractivity contribution in [1.82, 2.24) is 0 Å². The van der Waals surface area contributed by atoms with Gasteiger partial charge in [-0.3, -0.25) is 4.99 Å². The molecule has 0 aliphatic rings. The third-order valence-electron chi connectivity index (χ3n) is 1.66. The topological polar surface area (TPSA) is 12.4 Å². The fraction of sp³-hybridized carbons (Fsp3) is 0.300. The lowest BCUT2D eigenvalue weighted by molar-refractivity contribution is 1.42. The van der Waals surface area contributed by atoms with Gasteiger partial charge in [0.25, 0.3) is 0 Å². The van der Waals surface area contributed by atoms with E-state index in [0.29, 0.717) is 0 Å². The summed E-state index contributed by atoms with van der Waals surface area (Å²) in [5, 5.41) is 1.10. The molecule has 0 saturated carbocycles. The number of aryl methyl sites for hydroxylation is 1. The van der Waals surface area contributed by atoms with Crippen LogP contribution in [0, 0.1) is 6.92 Å². The highest BCUT2D eigenvalue weighted by Crippen LogP contribution is 2.12. The summed E-state index contributed by atoms with van der Waals surface area (Å²) in [5.74, 6) is 0. The molecule has 64 valence electrons. The fourth-order valence-electron chi connectivity index (χ4n) is 1.12. The summed E-state index contributed by atoms with van der Waals surface area (Å²) in [6.45, 7) is 2.09. The Balaban J connectivity index is 3.02. The molecule has 1 aromatic carbocycles. The molecule has 1 nitrogen and oxygen atoms in total. The minimum atomic E-state index is 1.10. The molecule has 0 bridgehead atoms. The van der Waals surface area contributed by atoms with Gasteiger partial charge in [-0.2, -0.15) is 0 Å². The summed E-state index contributed by atoms with van der Waals surface area (Å²) in [6.07, 6.45) is 2.05. The number of aliphatic imine (C=N–C) groups is 1. The lowest BCUT2D eigenvalue weighted by Gasteiger charge is -2.02. The van der Waals surface area contributed by atoms with Crippen LogP contribution < -0.4 is 0 Å². The second-order valence-corrected chi connectivity index (χ2v) is 3.40. The largest absolute Gasteiger partial charge is 0.281 e. The number of hydrogen-bond acceptors (Lipinski definition) is 2. The van der Waals surface area contributed by atoms with Gasteiger partial charge in [-0.15, -0.1) is 11.8 Å². The normalized spacial score (nSPS) is 11.8. The fourth-order valence-corrected chi connectivity index (χ4v) is 1.66. The van der Waals surface area contributed by atoms with E-state index in [0.717, 1.165) is 5.04 Å². The summed E-state index contributed by atoms with van der Waals surface area (Å²) in [5.41, 5.74) is 2.49. The SMILES string of the molecule is CN=C(SC)c1cccc(C)c1. The maximum Gasteiger partial charge on any atom is 0.0970 e. The standard InChI is InChI=1S/C10H13NS/c1-8-5-4-6-9(7-8)10(11-2)12-3/h4-7H,1-3H3. The molecule has 0 aliphatic heterocycles. The number of rotatable bonds is 1. The first-order chi connectivity index (χ1) is 5.77. The molecule has 0 saturated heterocycles. The zero-order valence-corrected chi connectivity index (χ0v) is 8.48. The average molecular weight is 179 g/mol. The van der Waals surface area contributed by atoms with Crippen LogP contribution in [-0.2, 0) is 0 Å². The van der Waals surface area contributed by atoms with Gasteiger partial charge in [0.15, 0.2) is 0 Å². The third-order valence-corrected chi connectivity index (χ3v) is 2.47. The second-order valence-electron chi connectivity index (χ2n) is 2.60. The minimum absolute atomic E-state index is 1.10. The number of nitrogens with zero attached hydrogens (tertiary/aromatic N) is 1. The Hall–Kier alpha value is -0.760. The van der Waals surface area contributed by atoms with Gasteiger partial charge in [-0.1, -0.05) is 23.8 Å². The first-order valence-electron chi connectivity index (χ1n) is 3.85. The van der Waals surface area contributed by atoms with Crippen LogP contribution in [0.3, 0.4) is 0 Å². The van der Waals surface area contributed by atoms with Crippen molar-refractivity contribution in [2.24, 2.45) is 4.99 Å². The van der Waals surface area contributed by atoms with Crippen molar-refractivity contribution in [3.8, 4) is 0 Å². The summed E-state index contributed by atoms with van der Waals surface area (Å²) in [4.78, 5) is 4.20. The van der Waals surface area contributed by atoms with Crippen molar-refractivity contribution >= 4 is 16.8 Å². The van der Waals surface area contributed by atoms with Crippen LogP contribution in [0.5, 0.6) is 0 Å². The highest BCUT2D eigenvalue weighted by atomic mass is 32.2. The summed E-state index contributed by atoms with van der Waals surface area (Å²) >= 11 is 1.68. The predicted octanol–water partition coefficient (Wildman–Crippen LogP) is 2.73. The Labute approximate surface area is 77.9 Å². The van der Waals surface area contributed by atoms with E-state index in [-0.39, 0.29) is 0 Å². The van der Waals surface area contributed by atoms with Crippen LogP contribution in [-0.4, -0.2) is 18.3 Å². The molecule has 0 aliphatic carbocycles. The summed E-state index contributed by atoms with van der Waals surface area (Å²) in [6, 6.07) is 8.40. The van der Waals surface area contributed by atoms with E-state index in [2.05, 4.69) is 36.2 Å². The Morgan fingerprint density at radius 3 is 2.67 bits per heavy atom. The molecule has 0 aromatic heterocycles. The molecular weight excluding hydrogens is 166 g/mol. The third kappa shape index (κ3) is 2.11. The lowest BCUT2D eigenvalue weighted by Crippen LogP contribution is -1.94. The monoisotopic (exact) mass is 179 g/mol. The highest BCUT2D eigenvalue weighted by Gasteiger charge is 1.99. The van der Waals surface area contributed by atoms with Gasteiger partial charge >= 0.3 is 0 Å². The Bertz CT molecular complexity index is 292. The van der Waals surface area contributed by atoms with Crippen LogP contribution in [0.4, 0.5) is 0 Å². The molecule has 0 heterocycles.